The maximum absolute atomic E-state index is 13.3. The van der Waals surface area contributed by atoms with E-state index in [9.17, 15) is 19.6 Å². The second kappa shape index (κ2) is 12.2. The van der Waals surface area contributed by atoms with E-state index < -0.39 is 6.03 Å². The quantitative estimate of drug-likeness (QED) is 0.488. The van der Waals surface area contributed by atoms with Crippen LogP contribution in [0.1, 0.15) is 40.5 Å². The summed E-state index contributed by atoms with van der Waals surface area (Å²) in [7, 11) is 1.91. The number of hydrogen-bond acceptors (Lipinski definition) is 9. The number of aldehydes is 1. The summed E-state index contributed by atoms with van der Waals surface area (Å²) in [5.41, 5.74) is 2.75. The van der Waals surface area contributed by atoms with Gasteiger partial charge >= 0.3 is 6.03 Å². The van der Waals surface area contributed by atoms with Crippen molar-refractivity contribution < 1.29 is 14.4 Å². The molecule has 0 spiro atoms. The Morgan fingerprint density at radius 2 is 2.13 bits per heavy atom. The molecule has 0 radical (unpaired) electrons. The SMILES string of the molecule is CSC[C@H](C)Nc1cc(NC(=O)N2CCCc3cc(CN4CCN(C)CC4=O)c(C=O)nc32)ncc1C#N. The van der Waals surface area contributed by atoms with Gasteiger partial charge in [-0.3, -0.25) is 24.7 Å². The first-order valence-corrected chi connectivity index (χ1v) is 13.9. The van der Waals surface area contributed by atoms with Crippen LogP contribution in [-0.4, -0.2) is 89.3 Å². The van der Waals surface area contributed by atoms with Crippen LogP contribution in [-0.2, 0) is 17.8 Å². The predicted octanol–water partition coefficient (Wildman–Crippen LogP) is 2.58. The standard InChI is InChI=1S/C26H32N8O3S/c1-17(16-38-3)29-21-10-23(28-12-20(21)11-27)31-26(37)34-6-4-5-18-9-19(22(15-35)30-25(18)34)13-33-8-7-32(2)14-24(33)36/h9-10,12,15,17H,4-8,13-14,16H2,1-3H3,(H2,28,29,31,37)/t17-/m0/s1. The first kappa shape index (κ1) is 27.3. The number of anilines is 3. The Balaban J connectivity index is 1.54. The highest BCUT2D eigenvalue weighted by atomic mass is 32.2. The molecule has 3 amide bonds. The number of nitrogens with zero attached hydrogens (tertiary/aromatic N) is 6. The van der Waals surface area contributed by atoms with E-state index in [1.807, 2.05) is 31.2 Å². The number of piperazine rings is 1. The number of rotatable bonds is 8. The van der Waals surface area contributed by atoms with Crippen molar-refractivity contribution in [1.29, 1.82) is 5.26 Å². The number of urea groups is 1. The van der Waals surface area contributed by atoms with E-state index >= 15 is 0 Å². The van der Waals surface area contributed by atoms with Crippen LogP contribution >= 0.6 is 11.8 Å². The van der Waals surface area contributed by atoms with Gasteiger partial charge in [-0.1, -0.05) is 0 Å². The average Bonchev–Trinajstić information content (AvgIpc) is 2.89. The molecule has 2 aromatic rings. The van der Waals surface area contributed by atoms with Gasteiger partial charge in [0.1, 0.15) is 23.4 Å². The number of carbonyl (C=O) groups excluding carboxylic acids is 3. The summed E-state index contributed by atoms with van der Waals surface area (Å²) in [6, 6.07) is 5.38. The minimum absolute atomic E-state index is 0.0148. The fourth-order valence-electron chi connectivity index (χ4n) is 4.65. The maximum Gasteiger partial charge on any atom is 0.328 e. The second-order valence-electron chi connectivity index (χ2n) is 9.60. The third-order valence-corrected chi connectivity index (χ3v) is 7.41. The summed E-state index contributed by atoms with van der Waals surface area (Å²) in [5.74, 6) is 1.61. The largest absolute Gasteiger partial charge is 0.381 e. The van der Waals surface area contributed by atoms with E-state index in [0.717, 1.165) is 24.3 Å². The molecule has 0 bridgehead atoms. The van der Waals surface area contributed by atoms with Gasteiger partial charge in [-0.15, -0.1) is 0 Å². The molecule has 200 valence electrons. The van der Waals surface area contributed by atoms with Gasteiger partial charge in [-0.05, 0) is 44.7 Å². The van der Waals surface area contributed by atoms with E-state index in [2.05, 4.69) is 26.7 Å². The molecule has 2 aromatic heterocycles. The Bertz CT molecular complexity index is 1260. The van der Waals surface area contributed by atoms with E-state index in [1.54, 1.807) is 22.7 Å². The molecular formula is C26H32N8O3S. The van der Waals surface area contributed by atoms with Gasteiger partial charge in [0.2, 0.25) is 5.91 Å². The Hall–Kier alpha value is -3.69. The molecule has 0 aromatic carbocycles. The first-order chi connectivity index (χ1) is 18.3. The number of hydrogen-bond donors (Lipinski definition) is 2. The summed E-state index contributed by atoms with van der Waals surface area (Å²) < 4.78 is 0. The van der Waals surface area contributed by atoms with Gasteiger partial charge in [0.05, 0.1) is 17.8 Å². The number of pyridine rings is 2. The van der Waals surface area contributed by atoms with E-state index in [4.69, 9.17) is 0 Å². The van der Waals surface area contributed by atoms with Crippen LogP contribution in [0.15, 0.2) is 18.3 Å². The fourth-order valence-corrected chi connectivity index (χ4v) is 5.23. The lowest BCUT2D eigenvalue weighted by Gasteiger charge is -2.33. The lowest BCUT2D eigenvalue weighted by molar-refractivity contribution is -0.136. The van der Waals surface area contributed by atoms with Gasteiger partial charge in [0.25, 0.3) is 0 Å². The number of aryl methyl sites for hydroxylation is 1. The molecule has 2 aliphatic heterocycles. The maximum atomic E-state index is 13.3. The summed E-state index contributed by atoms with van der Waals surface area (Å²) in [5, 5.41) is 15.6. The molecule has 1 atom stereocenters. The highest BCUT2D eigenvalue weighted by Crippen LogP contribution is 2.29. The van der Waals surface area contributed by atoms with Crippen molar-refractivity contribution in [3.05, 3.63) is 40.7 Å². The zero-order valence-corrected chi connectivity index (χ0v) is 22.7. The van der Waals surface area contributed by atoms with Gasteiger partial charge < -0.3 is 10.2 Å². The van der Waals surface area contributed by atoms with Gasteiger partial charge in [-0.2, -0.15) is 17.0 Å². The van der Waals surface area contributed by atoms with Gasteiger partial charge in [-0.25, -0.2) is 14.8 Å². The van der Waals surface area contributed by atoms with E-state index in [0.29, 0.717) is 67.3 Å². The lowest BCUT2D eigenvalue weighted by Crippen LogP contribution is -2.48. The number of aromatic nitrogens is 2. The Kier molecular flexibility index (Phi) is 8.81. The van der Waals surface area contributed by atoms with Crippen LogP contribution in [0.3, 0.4) is 0 Å². The van der Waals surface area contributed by atoms with Crippen LogP contribution in [0.25, 0.3) is 0 Å². The predicted molar refractivity (Wildman–Crippen MR) is 148 cm³/mol. The zero-order chi connectivity index (χ0) is 27.2. The van der Waals surface area contributed by atoms with Crippen molar-refractivity contribution in [2.75, 3.05) is 60.8 Å². The first-order valence-electron chi connectivity index (χ1n) is 12.5. The number of amides is 3. The number of carbonyl (C=O) groups is 3. The molecular weight excluding hydrogens is 504 g/mol. The fraction of sp³-hybridized carbons (Fsp3) is 0.462. The Morgan fingerprint density at radius 3 is 2.84 bits per heavy atom. The summed E-state index contributed by atoms with van der Waals surface area (Å²) in [4.78, 5) is 51.7. The monoisotopic (exact) mass is 536 g/mol. The van der Waals surface area contributed by atoms with E-state index in [-0.39, 0.29) is 17.6 Å². The highest BCUT2D eigenvalue weighted by molar-refractivity contribution is 7.98. The Morgan fingerprint density at radius 1 is 1.32 bits per heavy atom. The normalized spacial score (nSPS) is 16.4. The summed E-state index contributed by atoms with van der Waals surface area (Å²) in [6.45, 7) is 4.47. The number of nitrogens with one attached hydrogen (secondary N) is 2. The number of likely N-dealkylation sites (N-methyl/N-ethyl adjacent to an activating group) is 1. The van der Waals surface area contributed by atoms with Gasteiger partial charge in [0, 0.05) is 55.8 Å². The molecule has 11 nitrogen and oxygen atoms in total. The highest BCUT2D eigenvalue weighted by Gasteiger charge is 2.28. The molecule has 1 saturated heterocycles. The minimum atomic E-state index is -0.419. The Labute approximate surface area is 226 Å². The number of fused-ring (bicyclic) bond motifs is 1. The van der Waals surface area contributed by atoms with Crippen LogP contribution in [0, 0.1) is 11.3 Å². The lowest BCUT2D eigenvalue weighted by atomic mass is 10.0. The molecule has 0 aliphatic carbocycles. The van der Waals surface area contributed by atoms with Crippen molar-refractivity contribution in [2.24, 2.45) is 0 Å². The zero-order valence-electron chi connectivity index (χ0n) is 21.9. The number of thioether (sulfide) groups is 1. The number of nitriles is 1. The van der Waals surface area contributed by atoms with Crippen LogP contribution in [0.5, 0.6) is 0 Å². The molecule has 2 N–H and O–H groups in total. The average molecular weight is 537 g/mol. The second-order valence-corrected chi connectivity index (χ2v) is 10.5. The topological polar surface area (TPSA) is 135 Å². The van der Waals surface area contributed by atoms with Crippen molar-refractivity contribution >= 4 is 47.3 Å². The van der Waals surface area contributed by atoms with Crippen LogP contribution < -0.4 is 15.5 Å². The van der Waals surface area contributed by atoms with Crippen LogP contribution in [0.4, 0.5) is 22.1 Å². The summed E-state index contributed by atoms with van der Waals surface area (Å²) >= 11 is 1.69. The molecule has 0 saturated carbocycles. The molecule has 12 heteroatoms. The van der Waals surface area contributed by atoms with Crippen LogP contribution in [0.2, 0.25) is 0 Å². The summed E-state index contributed by atoms with van der Waals surface area (Å²) in [6.07, 6.45) is 5.57. The smallest absolute Gasteiger partial charge is 0.328 e. The molecule has 2 aliphatic rings. The van der Waals surface area contributed by atoms with Crippen molar-refractivity contribution in [3.8, 4) is 6.07 Å². The minimum Gasteiger partial charge on any atom is -0.381 e. The molecule has 38 heavy (non-hydrogen) atoms. The molecule has 1 fully saturated rings. The molecule has 0 unspecified atom stereocenters. The van der Waals surface area contributed by atoms with E-state index in [1.165, 1.54) is 11.1 Å². The molecule has 4 rings (SSSR count). The van der Waals surface area contributed by atoms with Crippen molar-refractivity contribution in [1.82, 2.24) is 19.8 Å². The third-order valence-electron chi connectivity index (χ3n) is 6.58. The van der Waals surface area contributed by atoms with Crippen molar-refractivity contribution in [3.63, 3.8) is 0 Å². The molecule has 4 heterocycles. The van der Waals surface area contributed by atoms with Crippen molar-refractivity contribution in [2.45, 2.75) is 32.4 Å². The van der Waals surface area contributed by atoms with Gasteiger partial charge in [0.15, 0.2) is 6.29 Å². The third kappa shape index (κ3) is 6.23.